The molecule has 2 aromatic rings. The van der Waals surface area contributed by atoms with Gasteiger partial charge in [-0.2, -0.15) is 0 Å². The third kappa shape index (κ3) is 2.92. The highest BCUT2D eigenvalue weighted by atomic mass is 35.5. The van der Waals surface area contributed by atoms with E-state index in [1.807, 2.05) is 18.2 Å². The van der Waals surface area contributed by atoms with E-state index in [2.05, 4.69) is 5.32 Å². The van der Waals surface area contributed by atoms with Gasteiger partial charge in [0.25, 0.3) is 0 Å². The van der Waals surface area contributed by atoms with Crippen molar-refractivity contribution in [1.29, 1.82) is 0 Å². The first-order valence-corrected chi connectivity index (χ1v) is 5.90. The van der Waals surface area contributed by atoms with Gasteiger partial charge in [-0.3, -0.25) is 0 Å². The summed E-state index contributed by atoms with van der Waals surface area (Å²) in [7, 11) is 0. The first-order valence-electron chi connectivity index (χ1n) is 5.90. The Labute approximate surface area is 112 Å². The molecule has 4 heteroatoms. The van der Waals surface area contributed by atoms with Gasteiger partial charge in [0.05, 0.1) is 12.1 Å². The Balaban J connectivity index is 0.00000120. The van der Waals surface area contributed by atoms with Gasteiger partial charge in [0.1, 0.15) is 17.3 Å². The molecule has 1 saturated carbocycles. The van der Waals surface area contributed by atoms with Gasteiger partial charge in [-0.05, 0) is 37.1 Å². The standard InChI is InChI=1S/C14H14FNO.ClH/c15-13-4-2-1-3-12(13)14-8-7-11(17-14)9-16-10-5-6-10;/h1-4,7-8,10,16H,5-6,9H2;1H. The normalized spacial score (nSPS) is 14.3. The predicted octanol–water partition coefficient (Wildman–Crippen LogP) is 3.76. The molecule has 1 aliphatic rings. The Morgan fingerprint density at radius 2 is 1.94 bits per heavy atom. The monoisotopic (exact) mass is 267 g/mol. The largest absolute Gasteiger partial charge is 0.460 e. The number of hydrogen-bond acceptors (Lipinski definition) is 2. The predicted molar refractivity (Wildman–Crippen MR) is 71.2 cm³/mol. The minimum atomic E-state index is -0.247. The Morgan fingerprint density at radius 3 is 2.67 bits per heavy atom. The topological polar surface area (TPSA) is 25.2 Å². The van der Waals surface area contributed by atoms with Crippen LogP contribution in [0.1, 0.15) is 18.6 Å². The molecule has 0 atom stereocenters. The highest BCUT2D eigenvalue weighted by Gasteiger charge is 2.20. The molecule has 0 amide bonds. The number of hydrogen-bond donors (Lipinski definition) is 1. The molecule has 96 valence electrons. The fraction of sp³-hybridized carbons (Fsp3) is 0.286. The van der Waals surface area contributed by atoms with Crippen LogP contribution in [0.25, 0.3) is 11.3 Å². The van der Waals surface area contributed by atoms with Gasteiger partial charge in [0.15, 0.2) is 0 Å². The van der Waals surface area contributed by atoms with E-state index in [4.69, 9.17) is 4.42 Å². The van der Waals surface area contributed by atoms with Gasteiger partial charge in [0.2, 0.25) is 0 Å². The molecule has 0 saturated heterocycles. The van der Waals surface area contributed by atoms with Crippen molar-refractivity contribution in [3.8, 4) is 11.3 Å². The zero-order valence-electron chi connectivity index (χ0n) is 9.86. The lowest BCUT2D eigenvalue weighted by atomic mass is 10.1. The maximum Gasteiger partial charge on any atom is 0.137 e. The molecule has 0 radical (unpaired) electrons. The molecule has 1 aromatic carbocycles. The molecule has 0 aliphatic heterocycles. The van der Waals surface area contributed by atoms with E-state index in [1.54, 1.807) is 12.1 Å². The second-order valence-electron chi connectivity index (χ2n) is 4.40. The zero-order chi connectivity index (χ0) is 11.7. The van der Waals surface area contributed by atoms with E-state index >= 15 is 0 Å². The number of benzene rings is 1. The van der Waals surface area contributed by atoms with Gasteiger partial charge in [-0.25, -0.2) is 4.39 Å². The molecule has 0 bridgehead atoms. The Bertz CT molecular complexity index is 522. The SMILES string of the molecule is Cl.Fc1ccccc1-c1ccc(CNC2CC2)o1. The van der Waals surface area contributed by atoms with Crippen molar-refractivity contribution in [2.24, 2.45) is 0 Å². The summed E-state index contributed by atoms with van der Waals surface area (Å²) in [6, 6.07) is 11.0. The van der Waals surface area contributed by atoms with Crippen LogP contribution >= 0.6 is 12.4 Å². The van der Waals surface area contributed by atoms with Crippen LogP contribution in [0, 0.1) is 5.82 Å². The quantitative estimate of drug-likeness (QED) is 0.912. The second-order valence-corrected chi connectivity index (χ2v) is 4.40. The molecule has 1 aliphatic carbocycles. The summed E-state index contributed by atoms with van der Waals surface area (Å²) in [5, 5.41) is 3.36. The zero-order valence-corrected chi connectivity index (χ0v) is 10.7. The Hall–Kier alpha value is -1.32. The smallest absolute Gasteiger partial charge is 0.137 e. The Kier molecular flexibility index (Phi) is 4.04. The summed E-state index contributed by atoms with van der Waals surface area (Å²) < 4.78 is 19.2. The van der Waals surface area contributed by atoms with Crippen LogP contribution < -0.4 is 5.32 Å². The van der Waals surface area contributed by atoms with Crippen molar-refractivity contribution in [3.63, 3.8) is 0 Å². The molecular formula is C14H15ClFNO. The molecule has 1 aromatic heterocycles. The van der Waals surface area contributed by atoms with Crippen molar-refractivity contribution in [1.82, 2.24) is 5.32 Å². The van der Waals surface area contributed by atoms with E-state index in [1.165, 1.54) is 18.9 Å². The van der Waals surface area contributed by atoms with Crippen LogP contribution in [0.5, 0.6) is 0 Å². The first kappa shape index (κ1) is 13.1. The fourth-order valence-electron chi connectivity index (χ4n) is 1.81. The Morgan fingerprint density at radius 1 is 1.17 bits per heavy atom. The lowest BCUT2D eigenvalue weighted by Gasteiger charge is -2.00. The first-order chi connectivity index (χ1) is 8.33. The number of nitrogens with one attached hydrogen (secondary N) is 1. The van der Waals surface area contributed by atoms with Crippen molar-refractivity contribution >= 4 is 12.4 Å². The molecule has 0 spiro atoms. The summed E-state index contributed by atoms with van der Waals surface area (Å²) in [5.74, 6) is 1.20. The molecule has 1 heterocycles. The number of rotatable bonds is 4. The maximum atomic E-state index is 13.5. The van der Waals surface area contributed by atoms with E-state index in [-0.39, 0.29) is 18.2 Å². The molecule has 1 fully saturated rings. The average Bonchev–Trinajstić information content (AvgIpc) is 3.06. The van der Waals surface area contributed by atoms with Crippen molar-refractivity contribution in [2.45, 2.75) is 25.4 Å². The minimum absolute atomic E-state index is 0. The van der Waals surface area contributed by atoms with Gasteiger partial charge in [-0.15, -0.1) is 12.4 Å². The van der Waals surface area contributed by atoms with Crippen LogP contribution in [0.15, 0.2) is 40.8 Å². The van der Waals surface area contributed by atoms with Crippen molar-refractivity contribution in [2.75, 3.05) is 0 Å². The number of furan rings is 1. The van der Waals surface area contributed by atoms with Gasteiger partial charge < -0.3 is 9.73 Å². The van der Waals surface area contributed by atoms with Crippen LogP contribution in [0.2, 0.25) is 0 Å². The molecule has 0 unspecified atom stereocenters. The minimum Gasteiger partial charge on any atom is -0.460 e. The highest BCUT2D eigenvalue weighted by molar-refractivity contribution is 5.85. The van der Waals surface area contributed by atoms with Crippen molar-refractivity contribution < 1.29 is 8.81 Å². The molecule has 2 nitrogen and oxygen atoms in total. The van der Waals surface area contributed by atoms with Gasteiger partial charge in [0, 0.05) is 6.04 Å². The van der Waals surface area contributed by atoms with E-state index in [0.29, 0.717) is 17.4 Å². The summed E-state index contributed by atoms with van der Waals surface area (Å²) in [6.45, 7) is 0.721. The van der Waals surface area contributed by atoms with E-state index < -0.39 is 0 Å². The number of halogens is 2. The summed E-state index contributed by atoms with van der Waals surface area (Å²) in [5.41, 5.74) is 0.519. The van der Waals surface area contributed by atoms with Crippen LogP contribution in [0.3, 0.4) is 0 Å². The highest BCUT2D eigenvalue weighted by Crippen LogP contribution is 2.25. The second kappa shape index (κ2) is 5.55. The van der Waals surface area contributed by atoms with Crippen LogP contribution in [-0.2, 0) is 6.54 Å². The van der Waals surface area contributed by atoms with Gasteiger partial charge in [-0.1, -0.05) is 12.1 Å². The van der Waals surface area contributed by atoms with Gasteiger partial charge >= 0.3 is 0 Å². The molecule has 1 N–H and O–H groups in total. The summed E-state index contributed by atoms with van der Waals surface area (Å²) in [4.78, 5) is 0. The average molecular weight is 268 g/mol. The maximum absolute atomic E-state index is 13.5. The van der Waals surface area contributed by atoms with E-state index in [0.717, 1.165) is 12.3 Å². The van der Waals surface area contributed by atoms with E-state index in [9.17, 15) is 4.39 Å². The fourth-order valence-corrected chi connectivity index (χ4v) is 1.81. The van der Waals surface area contributed by atoms with Crippen molar-refractivity contribution in [3.05, 3.63) is 48.0 Å². The third-order valence-electron chi connectivity index (χ3n) is 2.94. The lowest BCUT2D eigenvalue weighted by molar-refractivity contribution is 0.489. The van der Waals surface area contributed by atoms with Crippen LogP contribution in [0.4, 0.5) is 4.39 Å². The lowest BCUT2D eigenvalue weighted by Crippen LogP contribution is -2.14. The molecular weight excluding hydrogens is 253 g/mol. The molecule has 18 heavy (non-hydrogen) atoms. The third-order valence-corrected chi connectivity index (χ3v) is 2.94. The summed E-state index contributed by atoms with van der Waals surface area (Å²) >= 11 is 0. The summed E-state index contributed by atoms with van der Waals surface area (Å²) in [6.07, 6.45) is 2.50. The van der Waals surface area contributed by atoms with Crippen LogP contribution in [-0.4, -0.2) is 6.04 Å². The molecule has 3 rings (SSSR count).